The van der Waals surface area contributed by atoms with Gasteiger partial charge in [-0.1, -0.05) is 24.1 Å². The molecule has 3 fully saturated rings. The van der Waals surface area contributed by atoms with Crippen molar-refractivity contribution in [1.29, 1.82) is 0 Å². The quantitative estimate of drug-likeness (QED) is 0.708. The molecular formula is C26H37N3O3. The number of likely N-dealkylation sites (tertiary alicyclic amines) is 1. The monoisotopic (exact) mass is 439 g/mol. The molecule has 5 rings (SSSR count). The van der Waals surface area contributed by atoms with E-state index in [2.05, 4.69) is 21.2 Å². The van der Waals surface area contributed by atoms with E-state index in [0.29, 0.717) is 24.4 Å². The van der Waals surface area contributed by atoms with E-state index in [1.807, 2.05) is 18.2 Å². The van der Waals surface area contributed by atoms with Gasteiger partial charge in [0, 0.05) is 25.7 Å². The number of ether oxygens (including phenoxy) is 2. The Bertz CT molecular complexity index is 870. The first kappa shape index (κ1) is 21.6. The fourth-order valence-electron chi connectivity index (χ4n) is 6.65. The highest BCUT2D eigenvalue weighted by molar-refractivity contribution is 5.75. The van der Waals surface area contributed by atoms with Gasteiger partial charge in [-0.3, -0.25) is 4.90 Å². The first-order valence-corrected chi connectivity index (χ1v) is 12.4. The zero-order valence-electron chi connectivity index (χ0n) is 19.5. The zero-order valence-corrected chi connectivity index (χ0v) is 19.5. The molecule has 6 heteroatoms. The number of nitrogens with one attached hydrogen (secondary N) is 1. The van der Waals surface area contributed by atoms with E-state index >= 15 is 0 Å². The maximum Gasteiger partial charge on any atom is 0.317 e. The molecule has 1 aromatic rings. The van der Waals surface area contributed by atoms with Crippen LogP contribution in [-0.4, -0.2) is 68.3 Å². The van der Waals surface area contributed by atoms with E-state index in [1.165, 1.54) is 50.8 Å². The van der Waals surface area contributed by atoms with Crippen LogP contribution in [0.1, 0.15) is 44.1 Å². The van der Waals surface area contributed by atoms with Crippen molar-refractivity contribution in [3.8, 4) is 11.5 Å². The summed E-state index contributed by atoms with van der Waals surface area (Å²) in [6, 6.07) is 7.09. The van der Waals surface area contributed by atoms with Crippen molar-refractivity contribution >= 4 is 6.03 Å². The first-order chi connectivity index (χ1) is 15.7. The Kier molecular flexibility index (Phi) is 6.31. The van der Waals surface area contributed by atoms with Crippen LogP contribution in [0.5, 0.6) is 11.5 Å². The summed E-state index contributed by atoms with van der Waals surface area (Å²) < 4.78 is 10.7. The van der Waals surface area contributed by atoms with Crippen molar-refractivity contribution in [2.45, 2.75) is 57.0 Å². The Morgan fingerprint density at radius 3 is 2.84 bits per heavy atom. The molecule has 1 aliphatic carbocycles. The summed E-state index contributed by atoms with van der Waals surface area (Å²) >= 11 is 0. The zero-order chi connectivity index (χ0) is 22.1. The molecule has 4 aliphatic rings. The van der Waals surface area contributed by atoms with Crippen LogP contribution in [0, 0.1) is 11.8 Å². The Hall–Kier alpha value is -2.21. The lowest BCUT2D eigenvalue weighted by Crippen LogP contribution is -2.61. The average Bonchev–Trinajstić information content (AvgIpc) is 2.83. The van der Waals surface area contributed by atoms with Gasteiger partial charge >= 0.3 is 6.03 Å². The third kappa shape index (κ3) is 4.09. The number of benzene rings is 1. The minimum absolute atomic E-state index is 0.0975. The topological polar surface area (TPSA) is 54.0 Å². The van der Waals surface area contributed by atoms with Crippen LogP contribution in [0.3, 0.4) is 0 Å². The number of amides is 2. The van der Waals surface area contributed by atoms with Gasteiger partial charge in [0.2, 0.25) is 0 Å². The number of fused-ring (bicyclic) bond motifs is 6. The van der Waals surface area contributed by atoms with Gasteiger partial charge in [0.05, 0.1) is 20.3 Å². The molecule has 1 N–H and O–H groups in total. The van der Waals surface area contributed by atoms with Crippen molar-refractivity contribution in [1.82, 2.24) is 15.1 Å². The number of hydrogen-bond acceptors (Lipinski definition) is 4. The molecule has 3 heterocycles. The van der Waals surface area contributed by atoms with Crippen LogP contribution >= 0.6 is 0 Å². The van der Waals surface area contributed by atoms with E-state index in [0.717, 1.165) is 42.5 Å². The average molecular weight is 440 g/mol. The summed E-state index contributed by atoms with van der Waals surface area (Å²) in [7, 11) is 3.29. The van der Waals surface area contributed by atoms with Crippen molar-refractivity contribution in [3.05, 3.63) is 35.4 Å². The molecule has 32 heavy (non-hydrogen) atoms. The number of rotatable bonds is 5. The van der Waals surface area contributed by atoms with Crippen molar-refractivity contribution < 1.29 is 14.3 Å². The summed E-state index contributed by atoms with van der Waals surface area (Å²) in [6.07, 6.45) is 10.9. The van der Waals surface area contributed by atoms with E-state index in [1.54, 1.807) is 14.2 Å². The van der Waals surface area contributed by atoms with Crippen molar-refractivity contribution in [2.75, 3.05) is 40.4 Å². The van der Waals surface area contributed by atoms with Crippen LogP contribution < -0.4 is 14.8 Å². The maximum absolute atomic E-state index is 13.2. The molecular weight excluding hydrogens is 402 g/mol. The highest BCUT2D eigenvalue weighted by atomic mass is 16.5. The van der Waals surface area contributed by atoms with E-state index in [-0.39, 0.29) is 6.03 Å². The molecule has 0 aromatic heterocycles. The number of hydrogen-bond donors (Lipinski definition) is 1. The lowest BCUT2D eigenvalue weighted by atomic mass is 9.68. The van der Waals surface area contributed by atoms with Gasteiger partial charge in [0.1, 0.15) is 0 Å². The molecule has 1 aromatic carbocycles. The molecule has 2 bridgehead atoms. The maximum atomic E-state index is 13.2. The standard InChI is InChI=1S/C26H37N3O3/c1-31-23-9-8-18(14-24(23)32-2)10-11-27-26(30)29-13-5-6-19-15-20-16-21(25(19)29)17-28-12-4-3-7-22(20)28/h8-9,14-15,20-22,25H,3-7,10-13,16-17H2,1-2H3,(H,27,30)/t20-,21-,22-,25-/m0/s1. The summed E-state index contributed by atoms with van der Waals surface area (Å²) in [5, 5.41) is 3.20. The van der Waals surface area contributed by atoms with E-state index in [4.69, 9.17) is 9.47 Å². The highest BCUT2D eigenvalue weighted by Gasteiger charge is 2.46. The molecule has 2 amide bonds. The summed E-state index contributed by atoms with van der Waals surface area (Å²) in [4.78, 5) is 18.1. The molecule has 0 radical (unpaired) electrons. The normalized spacial score (nSPS) is 29.4. The van der Waals surface area contributed by atoms with E-state index in [9.17, 15) is 4.79 Å². The van der Waals surface area contributed by atoms with Crippen molar-refractivity contribution in [2.24, 2.45) is 11.8 Å². The molecule has 0 saturated carbocycles. The summed E-state index contributed by atoms with van der Waals surface area (Å²) in [5.41, 5.74) is 2.67. The van der Waals surface area contributed by atoms with Gasteiger partial charge in [0.25, 0.3) is 0 Å². The predicted octanol–water partition coefficient (Wildman–Crippen LogP) is 3.85. The third-order valence-corrected chi connectivity index (χ3v) is 8.06. The predicted molar refractivity (Wildman–Crippen MR) is 125 cm³/mol. The minimum Gasteiger partial charge on any atom is -0.493 e. The van der Waals surface area contributed by atoms with Gasteiger partial charge in [0.15, 0.2) is 11.5 Å². The Balaban J connectivity index is 1.23. The van der Waals surface area contributed by atoms with Crippen LogP contribution in [0.4, 0.5) is 4.79 Å². The Morgan fingerprint density at radius 1 is 1.12 bits per heavy atom. The lowest BCUT2D eigenvalue weighted by Gasteiger charge is -2.54. The molecule has 0 unspecified atom stereocenters. The number of methoxy groups -OCH3 is 2. The second kappa shape index (κ2) is 9.34. The van der Waals surface area contributed by atoms with Gasteiger partial charge in [-0.05, 0) is 74.6 Å². The SMILES string of the molecule is COc1ccc(CCNC(=O)N2CCCC3=C[C@H]4C[C@@H](CN5CCCC[C@@H]45)[C@H]32)cc1OC. The number of urea groups is 1. The van der Waals surface area contributed by atoms with Crippen LogP contribution in [0.2, 0.25) is 0 Å². The number of nitrogens with zero attached hydrogens (tertiary/aromatic N) is 2. The second-order valence-electron chi connectivity index (χ2n) is 9.87. The first-order valence-electron chi connectivity index (χ1n) is 12.4. The van der Waals surface area contributed by atoms with Gasteiger partial charge in [-0.15, -0.1) is 0 Å². The fraction of sp³-hybridized carbons (Fsp3) is 0.654. The van der Waals surface area contributed by atoms with Crippen LogP contribution in [-0.2, 0) is 6.42 Å². The Labute approximate surface area is 191 Å². The Morgan fingerprint density at radius 2 is 2.00 bits per heavy atom. The summed E-state index contributed by atoms with van der Waals surface area (Å²) in [5.74, 6) is 2.75. The molecule has 6 nitrogen and oxygen atoms in total. The number of piperidine rings is 3. The second-order valence-corrected chi connectivity index (χ2v) is 9.87. The lowest BCUT2D eigenvalue weighted by molar-refractivity contribution is 0.00793. The van der Waals surface area contributed by atoms with Crippen molar-refractivity contribution in [3.63, 3.8) is 0 Å². The van der Waals surface area contributed by atoms with Gasteiger partial charge in [-0.25, -0.2) is 4.79 Å². The smallest absolute Gasteiger partial charge is 0.317 e. The fourth-order valence-corrected chi connectivity index (χ4v) is 6.65. The molecule has 3 aliphatic heterocycles. The third-order valence-electron chi connectivity index (χ3n) is 8.06. The molecule has 0 spiro atoms. The summed E-state index contributed by atoms with van der Waals surface area (Å²) in [6.45, 7) is 3.90. The highest BCUT2D eigenvalue weighted by Crippen LogP contribution is 2.45. The number of carbonyl (C=O) groups excluding carboxylic acids is 1. The van der Waals surface area contributed by atoms with Gasteiger partial charge in [-0.2, -0.15) is 0 Å². The largest absolute Gasteiger partial charge is 0.493 e. The number of carbonyl (C=O) groups is 1. The van der Waals surface area contributed by atoms with Crippen LogP contribution in [0.25, 0.3) is 0 Å². The van der Waals surface area contributed by atoms with Gasteiger partial charge < -0.3 is 19.7 Å². The molecule has 174 valence electrons. The van der Waals surface area contributed by atoms with E-state index < -0.39 is 0 Å². The molecule has 3 saturated heterocycles. The molecule has 4 atom stereocenters. The minimum atomic E-state index is 0.0975. The van der Waals surface area contributed by atoms with Crippen LogP contribution in [0.15, 0.2) is 29.8 Å².